The summed E-state index contributed by atoms with van der Waals surface area (Å²) in [6, 6.07) is 5.79. The monoisotopic (exact) mass is 267 g/mol. The van der Waals surface area contributed by atoms with Crippen LogP contribution in [0.5, 0.6) is 0 Å². The third-order valence-corrected chi connectivity index (χ3v) is 2.59. The molecule has 0 N–H and O–H groups in total. The number of hydrogen-bond donors (Lipinski definition) is 0. The molecule has 0 aliphatic heterocycles. The van der Waals surface area contributed by atoms with Crippen LogP contribution in [0.1, 0.15) is 18.1 Å². The number of carbonyl (C=O) groups excluding carboxylic acids is 1. The Balaban J connectivity index is 2.84. The quantitative estimate of drug-likeness (QED) is 0.607. The van der Waals surface area contributed by atoms with Crippen molar-refractivity contribution in [3.8, 4) is 0 Å². The van der Waals surface area contributed by atoms with Crippen molar-refractivity contribution in [2.24, 2.45) is 0 Å². The molecule has 0 aliphatic carbocycles. The van der Waals surface area contributed by atoms with Crippen LogP contribution < -0.4 is 0 Å². The number of carbonyl (C=O) groups is 1. The molecule has 0 saturated carbocycles. The van der Waals surface area contributed by atoms with Gasteiger partial charge in [0.15, 0.2) is 0 Å². The minimum absolute atomic E-state index is 0.355. The molecule has 0 radical (unpaired) electrons. The minimum Gasteiger partial charge on any atom is -0.463 e. The van der Waals surface area contributed by atoms with Gasteiger partial charge in [-0.1, -0.05) is 17.7 Å². The van der Waals surface area contributed by atoms with Crippen LogP contribution >= 0.6 is 11.6 Å². The molecule has 0 aromatic heterocycles. The third-order valence-electron chi connectivity index (χ3n) is 2.24. The van der Waals surface area contributed by atoms with Gasteiger partial charge in [-0.25, -0.2) is 4.79 Å². The number of ether oxygens (including phenoxy) is 1. The Morgan fingerprint density at radius 1 is 1.44 bits per heavy atom. The summed E-state index contributed by atoms with van der Waals surface area (Å²) in [5.74, 6) is -0.355. The van der Waals surface area contributed by atoms with Gasteiger partial charge in [0.2, 0.25) is 0 Å². The molecule has 1 aromatic carbocycles. The van der Waals surface area contributed by atoms with Crippen LogP contribution in [0, 0.1) is 0 Å². The van der Waals surface area contributed by atoms with Crippen molar-refractivity contribution in [2.45, 2.75) is 13.5 Å². The van der Waals surface area contributed by atoms with Crippen LogP contribution in [0.4, 0.5) is 0 Å². The summed E-state index contributed by atoms with van der Waals surface area (Å²) in [6.45, 7) is 2.98. The van der Waals surface area contributed by atoms with E-state index >= 15 is 0 Å². The summed E-state index contributed by atoms with van der Waals surface area (Å²) in [7, 11) is 4.01. The number of benzene rings is 1. The summed E-state index contributed by atoms with van der Waals surface area (Å²) in [5.41, 5.74) is 1.97. The Morgan fingerprint density at radius 2 is 2.17 bits per heavy atom. The highest BCUT2D eigenvalue weighted by Gasteiger charge is 2.02. The summed E-state index contributed by atoms with van der Waals surface area (Å²) >= 11 is 6.08. The van der Waals surface area contributed by atoms with Crippen LogP contribution in [0.3, 0.4) is 0 Å². The topological polar surface area (TPSA) is 29.5 Å². The second-order valence-electron chi connectivity index (χ2n) is 4.18. The molecular formula is C14H18ClNO2. The molecule has 0 heterocycles. The molecule has 4 heteroatoms. The number of halogens is 1. The molecule has 0 aliphatic rings. The van der Waals surface area contributed by atoms with Crippen molar-refractivity contribution in [2.75, 3.05) is 20.7 Å². The second kappa shape index (κ2) is 7.19. The Kier molecular flexibility index (Phi) is 5.89. The maximum absolute atomic E-state index is 11.2. The second-order valence-corrected chi connectivity index (χ2v) is 4.59. The molecule has 18 heavy (non-hydrogen) atoms. The SMILES string of the molecule is CCOC(=O)C=Cc1cc(CN(C)C)ccc1Cl. The predicted molar refractivity (Wildman–Crippen MR) is 74.5 cm³/mol. The first kappa shape index (κ1) is 14.7. The highest BCUT2D eigenvalue weighted by molar-refractivity contribution is 6.32. The van der Waals surface area contributed by atoms with Gasteiger partial charge in [-0.3, -0.25) is 0 Å². The van der Waals surface area contributed by atoms with Crippen LogP contribution in [0.2, 0.25) is 5.02 Å². The van der Waals surface area contributed by atoms with Crippen LogP contribution in [0.15, 0.2) is 24.3 Å². The van der Waals surface area contributed by atoms with E-state index in [0.717, 1.165) is 17.7 Å². The Hall–Kier alpha value is -1.32. The maximum Gasteiger partial charge on any atom is 0.330 e. The highest BCUT2D eigenvalue weighted by Crippen LogP contribution is 2.19. The van der Waals surface area contributed by atoms with Crippen molar-refractivity contribution in [3.05, 3.63) is 40.4 Å². The first-order valence-electron chi connectivity index (χ1n) is 5.81. The van der Waals surface area contributed by atoms with Crippen LogP contribution in [-0.4, -0.2) is 31.6 Å². The van der Waals surface area contributed by atoms with Gasteiger partial charge in [-0.15, -0.1) is 0 Å². The number of nitrogens with zero attached hydrogens (tertiary/aromatic N) is 1. The molecule has 0 atom stereocenters. The summed E-state index contributed by atoms with van der Waals surface area (Å²) in [5, 5.41) is 0.623. The molecule has 3 nitrogen and oxygen atoms in total. The minimum atomic E-state index is -0.355. The van der Waals surface area contributed by atoms with E-state index in [0.29, 0.717) is 11.6 Å². The van der Waals surface area contributed by atoms with Gasteiger partial charge >= 0.3 is 5.97 Å². The Labute approximate surface area is 113 Å². The normalized spacial score (nSPS) is 11.2. The van der Waals surface area contributed by atoms with E-state index in [2.05, 4.69) is 4.90 Å². The summed E-state index contributed by atoms with van der Waals surface area (Å²) < 4.78 is 4.82. The fraction of sp³-hybridized carbons (Fsp3) is 0.357. The zero-order valence-corrected chi connectivity index (χ0v) is 11.7. The van der Waals surface area contributed by atoms with E-state index in [-0.39, 0.29) is 5.97 Å². The van der Waals surface area contributed by atoms with Crippen molar-refractivity contribution >= 4 is 23.6 Å². The van der Waals surface area contributed by atoms with Gasteiger partial charge in [0.25, 0.3) is 0 Å². The van der Waals surface area contributed by atoms with Crippen molar-refractivity contribution in [1.82, 2.24) is 4.90 Å². The highest BCUT2D eigenvalue weighted by atomic mass is 35.5. The van der Waals surface area contributed by atoms with Crippen LogP contribution in [0.25, 0.3) is 6.08 Å². The van der Waals surface area contributed by atoms with Crippen LogP contribution in [-0.2, 0) is 16.1 Å². The molecule has 0 saturated heterocycles. The van der Waals surface area contributed by atoms with Gasteiger partial charge in [-0.05, 0) is 50.4 Å². The van der Waals surface area contributed by atoms with E-state index in [1.54, 1.807) is 13.0 Å². The predicted octanol–water partition coefficient (Wildman–Crippen LogP) is 2.98. The molecular weight excluding hydrogens is 250 g/mol. The van der Waals surface area contributed by atoms with Gasteiger partial charge in [0.1, 0.15) is 0 Å². The standard InChI is InChI=1S/C14H18ClNO2/c1-4-18-14(17)8-6-12-9-11(10-16(2)3)5-7-13(12)15/h5-9H,4,10H2,1-3H3. The lowest BCUT2D eigenvalue weighted by Gasteiger charge is -2.10. The summed E-state index contributed by atoms with van der Waals surface area (Å²) in [4.78, 5) is 13.3. The molecule has 1 rings (SSSR count). The summed E-state index contributed by atoms with van der Waals surface area (Å²) in [6.07, 6.45) is 3.07. The van der Waals surface area contributed by atoms with Gasteiger partial charge < -0.3 is 9.64 Å². The van der Waals surface area contributed by atoms with Crippen molar-refractivity contribution in [3.63, 3.8) is 0 Å². The maximum atomic E-state index is 11.2. The first-order chi connectivity index (χ1) is 8.52. The number of esters is 1. The molecule has 0 bridgehead atoms. The third kappa shape index (κ3) is 4.90. The van der Waals surface area contributed by atoms with Gasteiger partial charge in [0.05, 0.1) is 6.61 Å². The lowest BCUT2D eigenvalue weighted by molar-refractivity contribution is -0.137. The molecule has 1 aromatic rings. The Morgan fingerprint density at radius 3 is 2.78 bits per heavy atom. The lowest BCUT2D eigenvalue weighted by atomic mass is 10.1. The number of rotatable bonds is 5. The van der Waals surface area contributed by atoms with E-state index in [1.165, 1.54) is 6.08 Å². The molecule has 0 spiro atoms. The lowest BCUT2D eigenvalue weighted by Crippen LogP contribution is -2.10. The molecule has 98 valence electrons. The fourth-order valence-electron chi connectivity index (χ4n) is 1.53. The molecule has 0 unspecified atom stereocenters. The van der Waals surface area contributed by atoms with Gasteiger partial charge in [0, 0.05) is 17.6 Å². The van der Waals surface area contributed by atoms with E-state index in [9.17, 15) is 4.79 Å². The van der Waals surface area contributed by atoms with Crippen molar-refractivity contribution in [1.29, 1.82) is 0 Å². The van der Waals surface area contributed by atoms with E-state index in [4.69, 9.17) is 16.3 Å². The van der Waals surface area contributed by atoms with Gasteiger partial charge in [-0.2, -0.15) is 0 Å². The first-order valence-corrected chi connectivity index (χ1v) is 6.18. The smallest absolute Gasteiger partial charge is 0.330 e. The zero-order chi connectivity index (χ0) is 13.5. The Bertz CT molecular complexity index is 441. The van der Waals surface area contributed by atoms with Crippen molar-refractivity contribution < 1.29 is 9.53 Å². The van der Waals surface area contributed by atoms with E-state index in [1.807, 2.05) is 32.3 Å². The average Bonchev–Trinajstić information content (AvgIpc) is 2.29. The number of hydrogen-bond acceptors (Lipinski definition) is 3. The molecule has 0 fully saturated rings. The fourth-order valence-corrected chi connectivity index (χ4v) is 1.71. The average molecular weight is 268 g/mol. The van der Waals surface area contributed by atoms with E-state index < -0.39 is 0 Å². The molecule has 0 amide bonds. The largest absolute Gasteiger partial charge is 0.463 e. The zero-order valence-electron chi connectivity index (χ0n) is 10.9.